The molecule has 0 aliphatic heterocycles. The Morgan fingerprint density at radius 3 is 2.53 bits per heavy atom. The first-order valence-corrected chi connectivity index (χ1v) is 7.16. The molecule has 0 heterocycles. The predicted molar refractivity (Wildman–Crippen MR) is 75.1 cm³/mol. The molecule has 0 spiro atoms. The lowest BCUT2D eigenvalue weighted by Gasteiger charge is -2.17. The first kappa shape index (κ1) is 12.4. The van der Waals surface area contributed by atoms with Crippen LogP contribution < -0.4 is 0 Å². The molecule has 17 heavy (non-hydrogen) atoms. The maximum absolute atomic E-state index is 2.48. The molecule has 1 saturated carbocycles. The van der Waals surface area contributed by atoms with Gasteiger partial charge >= 0.3 is 0 Å². The second kappa shape index (κ2) is 7.32. The van der Waals surface area contributed by atoms with Crippen molar-refractivity contribution in [1.29, 1.82) is 0 Å². The Bertz CT molecular complexity index is 317. The Morgan fingerprint density at radius 1 is 1.00 bits per heavy atom. The number of allylic oxidation sites excluding steroid dienone is 2. The average Bonchev–Trinajstić information content (AvgIpc) is 2.41. The van der Waals surface area contributed by atoms with Crippen LogP contribution in [0.25, 0.3) is 0 Å². The molecule has 92 valence electrons. The van der Waals surface area contributed by atoms with E-state index in [4.69, 9.17) is 0 Å². The highest BCUT2D eigenvalue weighted by Crippen LogP contribution is 2.24. The quantitative estimate of drug-likeness (QED) is 0.483. The van der Waals surface area contributed by atoms with Crippen molar-refractivity contribution < 1.29 is 0 Å². The van der Waals surface area contributed by atoms with Crippen LogP contribution in [0.1, 0.15) is 50.5 Å². The largest absolute Gasteiger partial charge is 0.0882 e. The number of hydrogen-bond donors (Lipinski definition) is 0. The van der Waals surface area contributed by atoms with Crippen molar-refractivity contribution >= 4 is 0 Å². The van der Waals surface area contributed by atoms with Crippen LogP contribution in [0.4, 0.5) is 0 Å². The number of unbranched alkanes of at least 4 members (excludes halogenated alkanes) is 1. The Kier molecular flexibility index (Phi) is 5.35. The van der Waals surface area contributed by atoms with Crippen LogP contribution in [0.3, 0.4) is 0 Å². The number of aryl methyl sites for hydroxylation is 1. The lowest BCUT2D eigenvalue weighted by molar-refractivity contribution is 0.418. The Balaban J connectivity index is 1.61. The van der Waals surface area contributed by atoms with Gasteiger partial charge in [0.2, 0.25) is 0 Å². The van der Waals surface area contributed by atoms with E-state index in [9.17, 15) is 0 Å². The van der Waals surface area contributed by atoms with Gasteiger partial charge in [-0.25, -0.2) is 0 Å². The molecule has 0 nitrogen and oxygen atoms in total. The summed E-state index contributed by atoms with van der Waals surface area (Å²) in [6.45, 7) is 0. The number of hydrogen-bond acceptors (Lipinski definition) is 0. The highest BCUT2D eigenvalue weighted by molar-refractivity contribution is 5.14. The van der Waals surface area contributed by atoms with Crippen LogP contribution in [0.15, 0.2) is 42.5 Å². The summed E-state index contributed by atoms with van der Waals surface area (Å²) in [6, 6.07) is 10.8. The molecule has 0 atom stereocenters. The zero-order chi connectivity index (χ0) is 11.8. The Hall–Kier alpha value is -1.04. The van der Waals surface area contributed by atoms with Crippen molar-refractivity contribution in [3.8, 4) is 0 Å². The molecule has 0 amide bonds. The molecule has 1 aromatic rings. The van der Waals surface area contributed by atoms with E-state index in [1.54, 1.807) is 0 Å². The minimum Gasteiger partial charge on any atom is -0.0882 e. The van der Waals surface area contributed by atoms with E-state index in [1.807, 2.05) is 0 Å². The fraction of sp³-hybridized carbons (Fsp3) is 0.529. The van der Waals surface area contributed by atoms with Crippen LogP contribution in [-0.4, -0.2) is 0 Å². The van der Waals surface area contributed by atoms with Gasteiger partial charge in [-0.05, 0) is 43.6 Å². The summed E-state index contributed by atoms with van der Waals surface area (Å²) in [6.07, 6.45) is 15.8. The zero-order valence-corrected chi connectivity index (χ0v) is 10.8. The van der Waals surface area contributed by atoms with Gasteiger partial charge < -0.3 is 0 Å². The first-order chi connectivity index (χ1) is 8.45. The van der Waals surface area contributed by atoms with E-state index in [1.165, 1.54) is 56.9 Å². The Labute approximate surface area is 106 Å². The van der Waals surface area contributed by atoms with E-state index in [0.29, 0.717) is 0 Å². The minimum absolute atomic E-state index is 0.889. The standard InChI is InChI=1S/C17H24/c1-4-10-16(11-5-1)14-8-3-9-15-17-12-6-2-7-13-17/h1,4-5,9-11,15,17H,2-3,6-8,12-14H2/b15-9+. The molecular formula is C17H24. The second-order valence-corrected chi connectivity index (χ2v) is 5.20. The molecule has 0 N–H and O–H groups in total. The van der Waals surface area contributed by atoms with Crippen LogP contribution >= 0.6 is 0 Å². The normalized spacial score (nSPS) is 17.6. The first-order valence-electron chi connectivity index (χ1n) is 7.16. The maximum Gasteiger partial charge on any atom is -0.0234 e. The van der Waals surface area contributed by atoms with E-state index < -0.39 is 0 Å². The Morgan fingerprint density at radius 2 is 1.76 bits per heavy atom. The molecule has 1 fully saturated rings. The van der Waals surface area contributed by atoms with Gasteiger partial charge in [-0.15, -0.1) is 0 Å². The molecule has 1 aliphatic rings. The highest BCUT2D eigenvalue weighted by atomic mass is 14.1. The summed E-state index contributed by atoms with van der Waals surface area (Å²) in [5, 5.41) is 0. The van der Waals surface area contributed by atoms with Crippen molar-refractivity contribution in [2.75, 3.05) is 0 Å². The topological polar surface area (TPSA) is 0 Å². The highest BCUT2D eigenvalue weighted by Gasteiger charge is 2.09. The summed E-state index contributed by atoms with van der Waals surface area (Å²) >= 11 is 0. The lowest BCUT2D eigenvalue weighted by atomic mass is 9.89. The van der Waals surface area contributed by atoms with Crippen LogP contribution in [0, 0.1) is 5.92 Å². The molecule has 0 saturated heterocycles. The summed E-state index contributed by atoms with van der Waals surface area (Å²) in [5.41, 5.74) is 1.47. The second-order valence-electron chi connectivity index (χ2n) is 5.20. The summed E-state index contributed by atoms with van der Waals surface area (Å²) < 4.78 is 0. The van der Waals surface area contributed by atoms with Crippen LogP contribution in [0.2, 0.25) is 0 Å². The summed E-state index contributed by atoms with van der Waals surface area (Å²) in [5.74, 6) is 0.889. The monoisotopic (exact) mass is 228 g/mol. The third-order valence-corrected chi connectivity index (χ3v) is 3.74. The van der Waals surface area contributed by atoms with Gasteiger partial charge in [0.1, 0.15) is 0 Å². The fourth-order valence-electron chi connectivity index (χ4n) is 2.68. The van der Waals surface area contributed by atoms with Crippen molar-refractivity contribution in [1.82, 2.24) is 0 Å². The van der Waals surface area contributed by atoms with Gasteiger partial charge in [0.15, 0.2) is 0 Å². The zero-order valence-electron chi connectivity index (χ0n) is 10.8. The molecule has 2 rings (SSSR count). The van der Waals surface area contributed by atoms with Gasteiger partial charge in [-0.2, -0.15) is 0 Å². The molecular weight excluding hydrogens is 204 g/mol. The molecule has 1 aliphatic carbocycles. The van der Waals surface area contributed by atoms with E-state index in [0.717, 1.165) is 5.92 Å². The van der Waals surface area contributed by atoms with Gasteiger partial charge in [0.05, 0.1) is 0 Å². The summed E-state index contributed by atoms with van der Waals surface area (Å²) in [4.78, 5) is 0. The van der Waals surface area contributed by atoms with E-state index in [2.05, 4.69) is 42.5 Å². The average molecular weight is 228 g/mol. The SMILES string of the molecule is C(=C\C1CCCCC1)/CCCc1ccccc1. The molecule has 0 aromatic heterocycles. The van der Waals surface area contributed by atoms with Gasteiger partial charge in [-0.3, -0.25) is 0 Å². The van der Waals surface area contributed by atoms with E-state index >= 15 is 0 Å². The van der Waals surface area contributed by atoms with Crippen LogP contribution in [-0.2, 0) is 6.42 Å². The number of benzene rings is 1. The lowest BCUT2D eigenvalue weighted by Crippen LogP contribution is -2.02. The fourth-order valence-corrected chi connectivity index (χ4v) is 2.68. The van der Waals surface area contributed by atoms with Crippen molar-refractivity contribution in [2.24, 2.45) is 5.92 Å². The van der Waals surface area contributed by atoms with Crippen molar-refractivity contribution in [3.63, 3.8) is 0 Å². The van der Waals surface area contributed by atoms with Gasteiger partial charge in [-0.1, -0.05) is 61.7 Å². The third kappa shape index (κ3) is 4.77. The minimum atomic E-state index is 0.889. The number of rotatable bonds is 5. The van der Waals surface area contributed by atoms with Crippen molar-refractivity contribution in [3.05, 3.63) is 48.0 Å². The smallest absolute Gasteiger partial charge is 0.0234 e. The molecule has 0 unspecified atom stereocenters. The third-order valence-electron chi connectivity index (χ3n) is 3.74. The van der Waals surface area contributed by atoms with Crippen molar-refractivity contribution in [2.45, 2.75) is 51.4 Å². The molecule has 0 heteroatoms. The summed E-state index contributed by atoms with van der Waals surface area (Å²) in [7, 11) is 0. The van der Waals surface area contributed by atoms with Gasteiger partial charge in [0.25, 0.3) is 0 Å². The van der Waals surface area contributed by atoms with Crippen LogP contribution in [0.5, 0.6) is 0 Å². The van der Waals surface area contributed by atoms with E-state index in [-0.39, 0.29) is 0 Å². The van der Waals surface area contributed by atoms with Gasteiger partial charge in [0, 0.05) is 0 Å². The maximum atomic E-state index is 2.48. The molecule has 1 aromatic carbocycles. The predicted octanol–water partition coefficient (Wildman–Crippen LogP) is 5.15. The molecule has 0 bridgehead atoms. The molecule has 0 radical (unpaired) electrons.